The number of ether oxygens (including phenoxy) is 1. The van der Waals surface area contributed by atoms with E-state index in [4.69, 9.17) is 4.74 Å². The average Bonchev–Trinajstić information content (AvgIpc) is 2.89. The first kappa shape index (κ1) is 14.5. The number of thiophene rings is 1. The van der Waals surface area contributed by atoms with Crippen LogP contribution in [0.15, 0.2) is 45.8 Å². The second kappa shape index (κ2) is 6.51. The molecule has 0 fully saturated rings. The van der Waals surface area contributed by atoms with Gasteiger partial charge in [-0.1, -0.05) is 12.1 Å². The Morgan fingerprint density at radius 1 is 1.45 bits per heavy atom. The van der Waals surface area contributed by atoms with E-state index in [1.54, 1.807) is 30.3 Å². The summed E-state index contributed by atoms with van der Waals surface area (Å²) in [7, 11) is 1.50. The highest BCUT2D eigenvalue weighted by molar-refractivity contribution is 9.10. The van der Waals surface area contributed by atoms with Crippen molar-refractivity contribution in [3.05, 3.63) is 56.2 Å². The largest absolute Gasteiger partial charge is 0.496 e. The van der Waals surface area contributed by atoms with Crippen molar-refractivity contribution in [2.75, 3.05) is 7.11 Å². The lowest BCUT2D eigenvalue weighted by molar-refractivity contribution is 0.103. The number of para-hydroxylation sites is 1. The summed E-state index contributed by atoms with van der Waals surface area (Å²) in [5, 5.41) is 11.1. The summed E-state index contributed by atoms with van der Waals surface area (Å²) < 4.78 is 6.08. The van der Waals surface area contributed by atoms with E-state index < -0.39 is 0 Å². The molecule has 5 heteroatoms. The molecule has 3 nitrogen and oxygen atoms in total. The summed E-state index contributed by atoms with van der Waals surface area (Å²) >= 11 is 4.80. The highest BCUT2D eigenvalue weighted by atomic mass is 79.9. The van der Waals surface area contributed by atoms with Gasteiger partial charge in [0.25, 0.3) is 0 Å². The molecular formula is C15H10BrNO2S. The van der Waals surface area contributed by atoms with Crippen LogP contribution in [-0.4, -0.2) is 12.9 Å². The number of ketones is 1. The lowest BCUT2D eigenvalue weighted by atomic mass is 10.0. The first-order chi connectivity index (χ1) is 9.65. The standard InChI is InChI=1S/C15H10BrNO2S/c1-19-14-5-3-2-4-13(14)15(18)10(8-17)6-12-7-11(16)9-20-12/h2-7,9H,1H3/b10-6+. The quantitative estimate of drug-likeness (QED) is 0.470. The van der Waals surface area contributed by atoms with Gasteiger partial charge in [-0.05, 0) is 40.2 Å². The molecule has 0 aliphatic rings. The minimum atomic E-state index is -0.338. The van der Waals surface area contributed by atoms with Gasteiger partial charge in [-0.3, -0.25) is 4.79 Å². The summed E-state index contributed by atoms with van der Waals surface area (Å²) in [6, 6.07) is 10.7. The van der Waals surface area contributed by atoms with Crippen molar-refractivity contribution in [2.45, 2.75) is 0 Å². The third kappa shape index (κ3) is 3.16. The number of Topliss-reactive ketones (excluding diaryl/α,β-unsaturated/α-hetero) is 1. The van der Waals surface area contributed by atoms with Crippen molar-refractivity contribution >= 4 is 39.1 Å². The number of benzene rings is 1. The molecule has 100 valence electrons. The number of nitriles is 1. The van der Waals surface area contributed by atoms with Crippen LogP contribution in [0.3, 0.4) is 0 Å². The van der Waals surface area contributed by atoms with Crippen LogP contribution in [0.1, 0.15) is 15.2 Å². The molecule has 0 radical (unpaired) electrons. The number of carbonyl (C=O) groups excluding carboxylic acids is 1. The van der Waals surface area contributed by atoms with Gasteiger partial charge in [0, 0.05) is 14.7 Å². The molecule has 0 spiro atoms. The van der Waals surface area contributed by atoms with E-state index >= 15 is 0 Å². The molecule has 0 atom stereocenters. The van der Waals surface area contributed by atoms with E-state index in [0.717, 1.165) is 9.35 Å². The number of allylic oxidation sites excluding steroid dienone is 1. The van der Waals surface area contributed by atoms with Crippen LogP contribution < -0.4 is 4.74 Å². The van der Waals surface area contributed by atoms with E-state index in [9.17, 15) is 10.1 Å². The van der Waals surface area contributed by atoms with Crippen molar-refractivity contribution < 1.29 is 9.53 Å². The molecule has 0 aliphatic carbocycles. The van der Waals surface area contributed by atoms with Crippen LogP contribution in [0.25, 0.3) is 6.08 Å². The van der Waals surface area contributed by atoms with Gasteiger partial charge in [-0.2, -0.15) is 5.26 Å². The minimum absolute atomic E-state index is 0.0869. The molecule has 0 amide bonds. The number of rotatable bonds is 4. The molecule has 1 heterocycles. The monoisotopic (exact) mass is 347 g/mol. The molecule has 0 N–H and O–H groups in total. The fourth-order valence-corrected chi connectivity index (χ4v) is 3.05. The van der Waals surface area contributed by atoms with E-state index in [2.05, 4.69) is 15.9 Å². The summed E-state index contributed by atoms with van der Waals surface area (Å²) in [4.78, 5) is 13.2. The summed E-state index contributed by atoms with van der Waals surface area (Å²) in [5.74, 6) is 0.125. The fourth-order valence-electron chi connectivity index (χ4n) is 1.67. The molecule has 1 aromatic heterocycles. The van der Waals surface area contributed by atoms with Gasteiger partial charge in [0.2, 0.25) is 5.78 Å². The predicted molar refractivity (Wildman–Crippen MR) is 82.9 cm³/mol. The number of halogens is 1. The molecule has 0 unspecified atom stereocenters. The molecule has 0 saturated heterocycles. The van der Waals surface area contributed by atoms with Gasteiger partial charge < -0.3 is 4.74 Å². The molecule has 1 aromatic carbocycles. The van der Waals surface area contributed by atoms with Crippen molar-refractivity contribution in [1.29, 1.82) is 5.26 Å². The normalized spacial score (nSPS) is 10.9. The Kier molecular flexibility index (Phi) is 4.72. The van der Waals surface area contributed by atoms with Crippen molar-refractivity contribution in [2.24, 2.45) is 0 Å². The Bertz CT molecular complexity index is 713. The highest BCUT2D eigenvalue weighted by Crippen LogP contribution is 2.25. The number of nitrogens with zero attached hydrogens (tertiary/aromatic N) is 1. The predicted octanol–water partition coefficient (Wildman–Crippen LogP) is 4.31. The zero-order valence-electron chi connectivity index (χ0n) is 10.6. The molecule has 0 bridgehead atoms. The topological polar surface area (TPSA) is 50.1 Å². The maximum absolute atomic E-state index is 12.4. The van der Waals surface area contributed by atoms with Crippen LogP contribution in [0, 0.1) is 11.3 Å². The third-order valence-corrected chi connectivity index (χ3v) is 4.23. The highest BCUT2D eigenvalue weighted by Gasteiger charge is 2.16. The first-order valence-electron chi connectivity index (χ1n) is 5.69. The smallest absolute Gasteiger partial charge is 0.207 e. The molecular weight excluding hydrogens is 338 g/mol. The van der Waals surface area contributed by atoms with Crippen LogP contribution in [0.2, 0.25) is 0 Å². The van der Waals surface area contributed by atoms with Gasteiger partial charge in [-0.15, -0.1) is 11.3 Å². The van der Waals surface area contributed by atoms with Crippen LogP contribution in [0.5, 0.6) is 5.75 Å². The number of carbonyl (C=O) groups is 1. The van der Waals surface area contributed by atoms with E-state index in [1.807, 2.05) is 17.5 Å². The maximum atomic E-state index is 12.4. The van der Waals surface area contributed by atoms with E-state index in [0.29, 0.717) is 11.3 Å². The third-order valence-electron chi connectivity index (χ3n) is 2.59. The molecule has 20 heavy (non-hydrogen) atoms. The Labute approximate surface area is 129 Å². The second-order valence-corrected chi connectivity index (χ2v) is 5.73. The van der Waals surface area contributed by atoms with Crippen LogP contribution >= 0.6 is 27.3 Å². The molecule has 2 aromatic rings. The number of hydrogen-bond acceptors (Lipinski definition) is 4. The summed E-state index contributed by atoms with van der Waals surface area (Å²) in [5.41, 5.74) is 0.474. The van der Waals surface area contributed by atoms with Crippen LogP contribution in [0.4, 0.5) is 0 Å². The lowest BCUT2D eigenvalue weighted by Gasteiger charge is -2.05. The maximum Gasteiger partial charge on any atom is 0.207 e. The Balaban J connectivity index is 2.40. The fraction of sp³-hybridized carbons (Fsp3) is 0.0667. The number of methoxy groups -OCH3 is 1. The Hall–Kier alpha value is -1.90. The molecule has 2 rings (SSSR count). The second-order valence-electron chi connectivity index (χ2n) is 3.87. The van der Waals surface area contributed by atoms with Crippen molar-refractivity contribution in [3.8, 4) is 11.8 Å². The Morgan fingerprint density at radius 3 is 2.80 bits per heavy atom. The van der Waals surface area contributed by atoms with Crippen molar-refractivity contribution in [1.82, 2.24) is 0 Å². The van der Waals surface area contributed by atoms with Gasteiger partial charge in [-0.25, -0.2) is 0 Å². The summed E-state index contributed by atoms with van der Waals surface area (Å²) in [6.07, 6.45) is 1.59. The van der Waals surface area contributed by atoms with Gasteiger partial charge >= 0.3 is 0 Å². The zero-order valence-corrected chi connectivity index (χ0v) is 13.0. The first-order valence-corrected chi connectivity index (χ1v) is 7.36. The summed E-state index contributed by atoms with van der Waals surface area (Å²) in [6.45, 7) is 0. The Morgan fingerprint density at radius 2 is 2.20 bits per heavy atom. The van der Waals surface area contributed by atoms with Gasteiger partial charge in [0.1, 0.15) is 17.4 Å². The lowest BCUT2D eigenvalue weighted by Crippen LogP contribution is -2.04. The van der Waals surface area contributed by atoms with E-state index in [-0.39, 0.29) is 11.4 Å². The van der Waals surface area contributed by atoms with Crippen LogP contribution in [-0.2, 0) is 0 Å². The minimum Gasteiger partial charge on any atom is -0.496 e. The van der Waals surface area contributed by atoms with E-state index in [1.165, 1.54) is 18.4 Å². The van der Waals surface area contributed by atoms with Crippen molar-refractivity contribution in [3.63, 3.8) is 0 Å². The number of hydrogen-bond donors (Lipinski definition) is 0. The molecule has 0 saturated carbocycles. The van der Waals surface area contributed by atoms with Gasteiger partial charge in [0.15, 0.2) is 0 Å². The molecule has 0 aliphatic heterocycles. The SMILES string of the molecule is COc1ccccc1C(=O)/C(C#N)=C/c1cc(Br)cs1. The average molecular weight is 348 g/mol. The zero-order chi connectivity index (χ0) is 14.5. The van der Waals surface area contributed by atoms with Gasteiger partial charge in [0.05, 0.1) is 12.7 Å².